The first-order chi connectivity index (χ1) is 4.02. The minimum Gasteiger partial charge on any atom is -0.411 e. The normalized spacial score (nSPS) is 23.3. The molecule has 0 saturated carbocycles. The fraction of sp³-hybridized carbons (Fsp3) is 0.333. The molecular formula is C3HBr2NO3. The molecule has 0 atom stereocenters. The minimum absolute atomic E-state index is 0.549. The van der Waals surface area contributed by atoms with Crippen molar-refractivity contribution in [3.05, 3.63) is 0 Å². The van der Waals surface area contributed by atoms with Crippen molar-refractivity contribution in [1.82, 2.24) is 5.32 Å². The second-order valence-electron chi connectivity index (χ2n) is 1.36. The smallest absolute Gasteiger partial charge is 0.411 e. The molecule has 0 aliphatic carbocycles. The van der Waals surface area contributed by atoms with Crippen LogP contribution in [-0.2, 0) is 9.53 Å². The molecule has 0 aromatic heterocycles. The fourth-order valence-electron chi connectivity index (χ4n) is 0.354. The molecule has 0 radical (unpaired) electrons. The van der Waals surface area contributed by atoms with Gasteiger partial charge in [0, 0.05) is 0 Å². The van der Waals surface area contributed by atoms with Crippen molar-refractivity contribution in [2.75, 3.05) is 0 Å². The van der Waals surface area contributed by atoms with Gasteiger partial charge in [0.1, 0.15) is 0 Å². The van der Waals surface area contributed by atoms with Crippen LogP contribution in [0.2, 0.25) is 0 Å². The Bertz CT molecular complexity index is 178. The van der Waals surface area contributed by atoms with Crippen LogP contribution in [0.1, 0.15) is 0 Å². The van der Waals surface area contributed by atoms with Crippen LogP contribution in [0.15, 0.2) is 0 Å². The van der Waals surface area contributed by atoms with E-state index >= 15 is 0 Å². The number of amides is 2. The molecule has 2 amide bonds. The van der Waals surface area contributed by atoms with Gasteiger partial charge in [0.15, 0.2) is 0 Å². The van der Waals surface area contributed by atoms with Gasteiger partial charge >= 0.3 is 9.51 Å². The molecule has 6 heteroatoms. The Labute approximate surface area is 67.2 Å². The second kappa shape index (κ2) is 1.95. The van der Waals surface area contributed by atoms with Crippen LogP contribution in [0.5, 0.6) is 0 Å². The number of carbonyl (C=O) groups excluding carboxylic acids is 2. The highest BCUT2D eigenvalue weighted by atomic mass is 79.9. The van der Waals surface area contributed by atoms with Gasteiger partial charge in [0.2, 0.25) is 0 Å². The third kappa shape index (κ3) is 1.24. The van der Waals surface area contributed by atoms with Crippen molar-refractivity contribution in [3.8, 4) is 0 Å². The summed E-state index contributed by atoms with van der Waals surface area (Å²) in [4.78, 5) is 20.8. The van der Waals surface area contributed by atoms with Gasteiger partial charge in [-0.1, -0.05) is 0 Å². The van der Waals surface area contributed by atoms with Gasteiger partial charge in [-0.15, -0.1) is 0 Å². The lowest BCUT2D eigenvalue weighted by Gasteiger charge is -2.04. The summed E-state index contributed by atoms with van der Waals surface area (Å²) in [5, 5.41) is 1.91. The quantitative estimate of drug-likeness (QED) is 0.651. The maximum Gasteiger partial charge on any atom is 0.416 e. The largest absolute Gasteiger partial charge is 0.416 e. The minimum atomic E-state index is -1.35. The maximum absolute atomic E-state index is 10.6. The Balaban J connectivity index is 2.81. The van der Waals surface area contributed by atoms with Crippen LogP contribution in [0, 0.1) is 0 Å². The Hall–Kier alpha value is -0.100. The van der Waals surface area contributed by atoms with Crippen molar-refractivity contribution in [2.24, 2.45) is 0 Å². The zero-order valence-electron chi connectivity index (χ0n) is 3.98. The molecule has 0 bridgehead atoms. The highest BCUT2D eigenvalue weighted by Gasteiger charge is 2.44. The molecule has 0 aromatic rings. The predicted octanol–water partition coefficient (Wildman–Crippen LogP) is 0.696. The lowest BCUT2D eigenvalue weighted by Crippen LogP contribution is -2.26. The number of nitrogens with one attached hydrogen (secondary N) is 1. The number of ether oxygens (including phenoxy) is 1. The van der Waals surface area contributed by atoms with Crippen LogP contribution in [-0.4, -0.2) is 15.4 Å². The van der Waals surface area contributed by atoms with Crippen molar-refractivity contribution in [2.45, 2.75) is 3.42 Å². The van der Waals surface area contributed by atoms with E-state index in [0.717, 1.165) is 0 Å². The summed E-state index contributed by atoms with van der Waals surface area (Å²) in [7, 11) is 0. The summed E-state index contributed by atoms with van der Waals surface area (Å²) >= 11 is 5.62. The molecule has 1 N–H and O–H groups in total. The third-order valence-electron chi connectivity index (χ3n) is 0.701. The molecule has 1 aliphatic rings. The molecule has 0 aromatic carbocycles. The monoisotopic (exact) mass is 257 g/mol. The molecule has 1 fully saturated rings. The number of alkyl halides is 2. The number of imide groups is 1. The Morgan fingerprint density at radius 3 is 2.11 bits per heavy atom. The summed E-state index contributed by atoms with van der Waals surface area (Å²) in [5.74, 6) is -0.549. The molecule has 9 heavy (non-hydrogen) atoms. The van der Waals surface area contributed by atoms with Gasteiger partial charge < -0.3 is 4.74 Å². The van der Waals surface area contributed by atoms with E-state index in [2.05, 4.69) is 36.6 Å². The summed E-state index contributed by atoms with van der Waals surface area (Å²) in [6.45, 7) is 0. The van der Waals surface area contributed by atoms with Gasteiger partial charge in [-0.25, -0.2) is 4.79 Å². The number of rotatable bonds is 0. The van der Waals surface area contributed by atoms with E-state index in [1.165, 1.54) is 0 Å². The van der Waals surface area contributed by atoms with E-state index in [1.54, 1.807) is 0 Å². The Morgan fingerprint density at radius 2 is 2.00 bits per heavy atom. The van der Waals surface area contributed by atoms with Gasteiger partial charge in [0.25, 0.3) is 5.91 Å². The lowest BCUT2D eigenvalue weighted by molar-refractivity contribution is -0.121. The molecule has 1 aliphatic heterocycles. The first kappa shape index (κ1) is 7.01. The van der Waals surface area contributed by atoms with Gasteiger partial charge in [0.05, 0.1) is 0 Å². The van der Waals surface area contributed by atoms with E-state index in [-0.39, 0.29) is 0 Å². The first-order valence-corrected chi connectivity index (χ1v) is 3.53. The Kier molecular flexibility index (Phi) is 1.52. The standard InChI is InChI=1S/C3HBr2NO3/c4-3(5)1(7)6-2(8)9-3/h(H,6,7,8). The zero-order valence-corrected chi connectivity index (χ0v) is 7.15. The number of hydrogen-bond donors (Lipinski definition) is 1. The van der Waals surface area contributed by atoms with Gasteiger partial charge in [-0.05, 0) is 31.9 Å². The van der Waals surface area contributed by atoms with E-state index < -0.39 is 15.4 Å². The molecular weight excluding hydrogens is 258 g/mol. The number of alkyl carbamates (subject to hydrolysis) is 1. The number of halogens is 2. The average Bonchev–Trinajstić information content (AvgIpc) is 1.79. The predicted molar refractivity (Wildman–Crippen MR) is 35.2 cm³/mol. The van der Waals surface area contributed by atoms with Crippen molar-refractivity contribution in [3.63, 3.8) is 0 Å². The molecule has 1 rings (SSSR count). The van der Waals surface area contributed by atoms with Crippen molar-refractivity contribution < 1.29 is 14.3 Å². The second-order valence-corrected chi connectivity index (χ2v) is 4.66. The van der Waals surface area contributed by atoms with Crippen molar-refractivity contribution in [1.29, 1.82) is 0 Å². The van der Waals surface area contributed by atoms with Crippen molar-refractivity contribution >= 4 is 43.9 Å². The topological polar surface area (TPSA) is 55.4 Å². The summed E-state index contributed by atoms with van der Waals surface area (Å²) in [6.07, 6.45) is -0.756. The zero-order chi connectivity index (χ0) is 7.07. The van der Waals surface area contributed by atoms with E-state index in [1.807, 2.05) is 5.32 Å². The van der Waals surface area contributed by atoms with Crippen LogP contribution >= 0.6 is 31.9 Å². The maximum atomic E-state index is 10.6. The third-order valence-corrected chi connectivity index (χ3v) is 1.74. The lowest BCUT2D eigenvalue weighted by atomic mass is 10.7. The molecule has 1 saturated heterocycles. The number of carbonyl (C=O) groups is 2. The van der Waals surface area contributed by atoms with Gasteiger partial charge in [-0.2, -0.15) is 0 Å². The highest BCUT2D eigenvalue weighted by molar-refractivity contribution is 9.25. The summed E-state index contributed by atoms with van der Waals surface area (Å²) in [5.41, 5.74) is 0. The highest BCUT2D eigenvalue weighted by Crippen LogP contribution is 2.31. The molecule has 50 valence electrons. The van der Waals surface area contributed by atoms with Crippen LogP contribution < -0.4 is 5.32 Å². The average molecular weight is 259 g/mol. The number of hydrogen-bond acceptors (Lipinski definition) is 3. The number of cyclic esters (lactones) is 1. The summed E-state index contributed by atoms with van der Waals surface area (Å²) in [6, 6.07) is 0. The molecule has 1 heterocycles. The first-order valence-electron chi connectivity index (χ1n) is 1.94. The van der Waals surface area contributed by atoms with Crippen LogP contribution in [0.3, 0.4) is 0 Å². The molecule has 4 nitrogen and oxygen atoms in total. The van der Waals surface area contributed by atoms with Gasteiger partial charge in [-0.3, -0.25) is 10.1 Å². The SMILES string of the molecule is O=C1NC(=O)C(Br)(Br)O1. The summed E-state index contributed by atoms with van der Waals surface area (Å²) < 4.78 is 3.04. The molecule has 0 unspecified atom stereocenters. The molecule has 0 spiro atoms. The van der Waals surface area contributed by atoms with E-state index in [0.29, 0.717) is 0 Å². The Morgan fingerprint density at radius 1 is 1.44 bits per heavy atom. The van der Waals surface area contributed by atoms with Crippen LogP contribution in [0.4, 0.5) is 4.79 Å². The fourth-order valence-corrected chi connectivity index (χ4v) is 0.846. The van der Waals surface area contributed by atoms with E-state index in [4.69, 9.17) is 0 Å². The van der Waals surface area contributed by atoms with E-state index in [9.17, 15) is 9.59 Å². The van der Waals surface area contributed by atoms with Crippen LogP contribution in [0.25, 0.3) is 0 Å².